The van der Waals surface area contributed by atoms with Crippen molar-refractivity contribution in [1.82, 2.24) is 4.72 Å². The first kappa shape index (κ1) is 20.0. The molecule has 2 N–H and O–H groups in total. The molecule has 0 saturated heterocycles. The van der Waals surface area contributed by atoms with Crippen molar-refractivity contribution in [3.63, 3.8) is 0 Å². The van der Waals surface area contributed by atoms with Crippen LogP contribution in [0.25, 0.3) is 6.08 Å². The summed E-state index contributed by atoms with van der Waals surface area (Å²) in [6, 6.07) is 7.78. The van der Waals surface area contributed by atoms with Gasteiger partial charge in [-0.3, -0.25) is 4.79 Å². The molecule has 2 rings (SSSR count). The normalized spacial score (nSPS) is 11.7. The van der Waals surface area contributed by atoms with Crippen LogP contribution < -0.4 is 10.0 Å². The van der Waals surface area contributed by atoms with Crippen molar-refractivity contribution in [2.45, 2.75) is 0 Å². The van der Waals surface area contributed by atoms with Crippen LogP contribution in [0.3, 0.4) is 0 Å². The second kappa shape index (κ2) is 8.35. The molecule has 1 amide bonds. The minimum atomic E-state index is -3.95. The lowest BCUT2D eigenvalue weighted by molar-refractivity contribution is -0.115. The van der Waals surface area contributed by atoms with E-state index in [9.17, 15) is 26.4 Å². The van der Waals surface area contributed by atoms with E-state index in [2.05, 4.69) is 0 Å². The Morgan fingerprint density at radius 3 is 2.35 bits per heavy atom. The van der Waals surface area contributed by atoms with E-state index in [0.29, 0.717) is 16.7 Å². The molecule has 0 spiro atoms. The molecule has 26 heavy (non-hydrogen) atoms. The molecule has 0 radical (unpaired) electrons. The van der Waals surface area contributed by atoms with E-state index in [1.165, 1.54) is 6.08 Å². The molecule has 2 aromatic rings. The number of nitrogens with one attached hydrogen (secondary N) is 2. The summed E-state index contributed by atoms with van der Waals surface area (Å²) >= 11 is 5.71. The molecule has 0 bridgehead atoms. The standard InChI is InChI=1S/C16H12ClF3N2O3S/c17-11-3-1-10(2-4-11)7-8-26(24,25)21-9-14(23)22-13-6-5-12(18)15(19)16(13)20/h1-8,21H,9H2,(H,22,23)/b8-7+. The fourth-order valence-electron chi connectivity index (χ4n) is 1.77. The zero-order chi connectivity index (χ0) is 19.3. The average molecular weight is 405 g/mol. The molecular weight excluding hydrogens is 393 g/mol. The molecular formula is C16H12ClF3N2O3S. The van der Waals surface area contributed by atoms with Gasteiger partial charge in [0.1, 0.15) is 0 Å². The van der Waals surface area contributed by atoms with E-state index >= 15 is 0 Å². The van der Waals surface area contributed by atoms with E-state index in [-0.39, 0.29) is 0 Å². The van der Waals surface area contributed by atoms with E-state index in [0.717, 1.165) is 11.5 Å². The first-order valence-corrected chi connectivity index (χ1v) is 8.97. The van der Waals surface area contributed by atoms with Crippen molar-refractivity contribution in [3.05, 3.63) is 69.8 Å². The van der Waals surface area contributed by atoms with Crippen molar-refractivity contribution < 1.29 is 26.4 Å². The Morgan fingerprint density at radius 2 is 1.69 bits per heavy atom. The Kier molecular flexibility index (Phi) is 6.41. The van der Waals surface area contributed by atoms with Gasteiger partial charge < -0.3 is 5.32 Å². The summed E-state index contributed by atoms with van der Waals surface area (Å²) in [5.74, 6) is -5.69. The number of rotatable bonds is 6. The summed E-state index contributed by atoms with van der Waals surface area (Å²) in [5, 5.41) is 3.27. The average Bonchev–Trinajstić information content (AvgIpc) is 2.60. The molecule has 0 fully saturated rings. The Labute approximate surface area is 152 Å². The van der Waals surface area contributed by atoms with E-state index in [4.69, 9.17) is 11.6 Å². The molecule has 0 saturated carbocycles. The minimum absolute atomic E-state index is 0.490. The van der Waals surface area contributed by atoms with Crippen LogP contribution in [0.2, 0.25) is 5.02 Å². The molecule has 0 atom stereocenters. The maximum absolute atomic E-state index is 13.4. The van der Waals surface area contributed by atoms with Crippen LogP contribution in [0, 0.1) is 17.5 Å². The number of carbonyl (C=O) groups is 1. The smallest absolute Gasteiger partial charge is 0.239 e. The van der Waals surface area contributed by atoms with Gasteiger partial charge in [-0.2, -0.15) is 0 Å². The molecule has 138 valence electrons. The second-order valence-corrected chi connectivity index (χ2v) is 7.08. The molecule has 0 aliphatic rings. The minimum Gasteiger partial charge on any atom is -0.322 e. The molecule has 0 aromatic heterocycles. The van der Waals surface area contributed by atoms with Gasteiger partial charge in [0.25, 0.3) is 0 Å². The Balaban J connectivity index is 1.95. The summed E-state index contributed by atoms with van der Waals surface area (Å²) < 4.78 is 64.9. The van der Waals surface area contributed by atoms with Crippen LogP contribution in [0.1, 0.15) is 5.56 Å². The fourth-order valence-corrected chi connectivity index (χ4v) is 2.66. The lowest BCUT2D eigenvalue weighted by atomic mass is 10.2. The van der Waals surface area contributed by atoms with Gasteiger partial charge in [0.15, 0.2) is 17.5 Å². The highest BCUT2D eigenvalue weighted by molar-refractivity contribution is 7.92. The van der Waals surface area contributed by atoms with Crippen LogP contribution in [0.15, 0.2) is 41.8 Å². The first-order chi connectivity index (χ1) is 12.2. The van der Waals surface area contributed by atoms with Crippen molar-refractivity contribution in [3.8, 4) is 0 Å². The maximum atomic E-state index is 13.4. The summed E-state index contributed by atoms with van der Waals surface area (Å²) in [6.45, 7) is -0.730. The predicted molar refractivity (Wildman–Crippen MR) is 92.4 cm³/mol. The zero-order valence-electron chi connectivity index (χ0n) is 13.0. The van der Waals surface area contributed by atoms with Gasteiger partial charge in [-0.15, -0.1) is 0 Å². The number of anilines is 1. The quantitative estimate of drug-likeness (QED) is 0.725. The van der Waals surface area contributed by atoms with Crippen molar-refractivity contribution in [1.29, 1.82) is 0 Å². The second-order valence-electron chi connectivity index (χ2n) is 4.99. The predicted octanol–water partition coefficient (Wildman–Crippen LogP) is 3.29. The SMILES string of the molecule is O=C(CNS(=O)(=O)/C=C/c1ccc(Cl)cc1)Nc1ccc(F)c(F)c1F. The van der Waals surface area contributed by atoms with E-state index < -0.39 is 45.6 Å². The van der Waals surface area contributed by atoms with Gasteiger partial charge in [0, 0.05) is 10.4 Å². The van der Waals surface area contributed by atoms with Gasteiger partial charge in [-0.25, -0.2) is 26.3 Å². The number of carbonyl (C=O) groups excluding carboxylic acids is 1. The van der Waals surface area contributed by atoms with Gasteiger partial charge in [0.05, 0.1) is 12.2 Å². The van der Waals surface area contributed by atoms with Crippen molar-refractivity contribution >= 4 is 39.3 Å². The van der Waals surface area contributed by atoms with E-state index in [1.54, 1.807) is 24.3 Å². The summed E-state index contributed by atoms with van der Waals surface area (Å²) in [5.41, 5.74) is -0.0436. The van der Waals surface area contributed by atoms with Crippen LogP contribution in [-0.4, -0.2) is 20.9 Å². The van der Waals surface area contributed by atoms with Crippen molar-refractivity contribution in [2.24, 2.45) is 0 Å². The monoisotopic (exact) mass is 404 g/mol. The third-order valence-corrected chi connectivity index (χ3v) is 4.35. The largest absolute Gasteiger partial charge is 0.322 e. The number of hydrogen-bond donors (Lipinski definition) is 2. The zero-order valence-corrected chi connectivity index (χ0v) is 14.5. The van der Waals surface area contributed by atoms with Gasteiger partial charge in [0.2, 0.25) is 15.9 Å². The third kappa shape index (κ3) is 5.58. The Morgan fingerprint density at radius 1 is 1.04 bits per heavy atom. The number of halogens is 4. The number of hydrogen-bond acceptors (Lipinski definition) is 3. The number of amides is 1. The van der Waals surface area contributed by atoms with Crippen LogP contribution in [0.4, 0.5) is 18.9 Å². The molecule has 0 heterocycles. The lowest BCUT2D eigenvalue weighted by Gasteiger charge is -2.07. The van der Waals surface area contributed by atoms with E-state index in [1.807, 2.05) is 10.0 Å². The van der Waals surface area contributed by atoms with Gasteiger partial charge in [-0.05, 0) is 35.9 Å². The lowest BCUT2D eigenvalue weighted by Crippen LogP contribution is -2.32. The summed E-state index contributed by atoms with van der Waals surface area (Å²) in [7, 11) is -3.95. The maximum Gasteiger partial charge on any atom is 0.239 e. The van der Waals surface area contributed by atoms with Gasteiger partial charge >= 0.3 is 0 Å². The number of benzene rings is 2. The van der Waals surface area contributed by atoms with Crippen LogP contribution in [-0.2, 0) is 14.8 Å². The van der Waals surface area contributed by atoms with Crippen molar-refractivity contribution in [2.75, 3.05) is 11.9 Å². The topological polar surface area (TPSA) is 75.3 Å². The molecule has 10 heteroatoms. The molecule has 0 unspecified atom stereocenters. The highest BCUT2D eigenvalue weighted by atomic mass is 35.5. The Bertz CT molecular complexity index is 948. The molecule has 2 aromatic carbocycles. The Hall–Kier alpha value is -2.36. The van der Waals surface area contributed by atoms with Crippen LogP contribution in [0.5, 0.6) is 0 Å². The summed E-state index contributed by atoms with van der Waals surface area (Å²) in [6.07, 6.45) is 1.28. The summed E-state index contributed by atoms with van der Waals surface area (Å²) in [4.78, 5) is 11.7. The molecule has 0 aliphatic heterocycles. The highest BCUT2D eigenvalue weighted by Crippen LogP contribution is 2.19. The van der Waals surface area contributed by atoms with Gasteiger partial charge in [-0.1, -0.05) is 23.7 Å². The third-order valence-electron chi connectivity index (χ3n) is 3.05. The first-order valence-electron chi connectivity index (χ1n) is 7.04. The van der Waals surface area contributed by atoms with Crippen LogP contribution >= 0.6 is 11.6 Å². The molecule has 5 nitrogen and oxygen atoms in total. The number of sulfonamides is 1. The molecule has 0 aliphatic carbocycles. The fraction of sp³-hybridized carbons (Fsp3) is 0.0625. The highest BCUT2D eigenvalue weighted by Gasteiger charge is 2.16.